The normalized spacial score (nSPS) is 12.1. The Balaban J connectivity index is 2.07. The molecule has 4 heteroatoms. The van der Waals surface area contributed by atoms with Crippen LogP contribution >= 0.6 is 11.3 Å². The van der Waals surface area contributed by atoms with Crippen LogP contribution < -0.4 is 0 Å². The summed E-state index contributed by atoms with van der Waals surface area (Å²) < 4.78 is 0. The second-order valence-corrected chi connectivity index (χ2v) is 5.64. The van der Waals surface area contributed by atoms with Crippen molar-refractivity contribution in [3.8, 4) is 11.1 Å². The van der Waals surface area contributed by atoms with E-state index in [9.17, 15) is 4.79 Å². The Labute approximate surface area is 123 Å². The van der Waals surface area contributed by atoms with Crippen LogP contribution in [-0.2, 0) is 0 Å². The van der Waals surface area contributed by atoms with Crippen molar-refractivity contribution in [1.29, 1.82) is 0 Å². The van der Waals surface area contributed by atoms with E-state index in [-0.39, 0.29) is 5.92 Å². The average molecular weight is 289 g/mol. The van der Waals surface area contributed by atoms with Gasteiger partial charge >= 0.3 is 6.09 Å². The summed E-state index contributed by atoms with van der Waals surface area (Å²) in [6.07, 6.45) is -0.853. The molecule has 0 aliphatic carbocycles. The molecule has 0 fully saturated rings. The zero-order chi connectivity index (χ0) is 14.5. The molecule has 0 spiro atoms. The molecule has 3 nitrogen and oxygen atoms in total. The molecule has 1 aromatic carbocycles. The molecule has 0 bridgehead atoms. The van der Waals surface area contributed by atoms with Crippen LogP contribution in [0.3, 0.4) is 0 Å². The van der Waals surface area contributed by atoms with Crippen molar-refractivity contribution >= 4 is 17.4 Å². The van der Waals surface area contributed by atoms with Crippen LogP contribution in [0, 0.1) is 0 Å². The van der Waals surface area contributed by atoms with Gasteiger partial charge in [0, 0.05) is 13.1 Å². The van der Waals surface area contributed by atoms with Crippen molar-refractivity contribution in [2.45, 2.75) is 19.8 Å². The summed E-state index contributed by atoms with van der Waals surface area (Å²) in [7, 11) is 0. The minimum atomic E-state index is -0.853. The lowest BCUT2D eigenvalue weighted by molar-refractivity contribution is 0.145. The second kappa shape index (κ2) is 6.57. The quantitative estimate of drug-likeness (QED) is 0.879. The maximum atomic E-state index is 11.0. The van der Waals surface area contributed by atoms with Gasteiger partial charge in [-0.3, -0.25) is 0 Å². The third-order valence-electron chi connectivity index (χ3n) is 3.48. The van der Waals surface area contributed by atoms with Gasteiger partial charge in [-0.25, -0.2) is 4.79 Å². The molecule has 1 aromatic heterocycles. The van der Waals surface area contributed by atoms with E-state index in [1.807, 2.05) is 6.92 Å². The van der Waals surface area contributed by atoms with Crippen molar-refractivity contribution < 1.29 is 9.90 Å². The van der Waals surface area contributed by atoms with Crippen molar-refractivity contribution in [2.75, 3.05) is 13.1 Å². The van der Waals surface area contributed by atoms with Crippen LogP contribution in [0.2, 0.25) is 0 Å². The monoisotopic (exact) mass is 289 g/mol. The highest BCUT2D eigenvalue weighted by molar-refractivity contribution is 7.08. The summed E-state index contributed by atoms with van der Waals surface area (Å²) in [4.78, 5) is 12.5. The molecular formula is C16H19NO2S. The van der Waals surface area contributed by atoms with Crippen LogP contribution in [0.25, 0.3) is 11.1 Å². The van der Waals surface area contributed by atoms with Gasteiger partial charge in [0.25, 0.3) is 0 Å². The van der Waals surface area contributed by atoms with E-state index in [1.54, 1.807) is 11.3 Å². The molecular weight excluding hydrogens is 270 g/mol. The molecule has 0 saturated heterocycles. The van der Waals surface area contributed by atoms with Gasteiger partial charge in [0.05, 0.1) is 0 Å². The predicted octanol–water partition coefficient (Wildman–Crippen LogP) is 4.52. The van der Waals surface area contributed by atoms with Crippen molar-refractivity contribution in [2.24, 2.45) is 0 Å². The summed E-state index contributed by atoms with van der Waals surface area (Å²) in [6, 6.07) is 10.5. The number of hydrogen-bond donors (Lipinski definition) is 1. The molecule has 1 unspecified atom stereocenters. The van der Waals surface area contributed by atoms with Crippen molar-refractivity contribution in [3.05, 3.63) is 46.7 Å². The Morgan fingerprint density at radius 1 is 1.25 bits per heavy atom. The molecule has 1 heterocycles. The highest BCUT2D eigenvalue weighted by Gasteiger charge is 2.14. The van der Waals surface area contributed by atoms with E-state index in [0.29, 0.717) is 13.1 Å². The minimum absolute atomic E-state index is 0.197. The SMILES string of the molecule is CCN(CC(C)c1ccc(-c2ccsc2)cc1)C(=O)O. The first-order chi connectivity index (χ1) is 9.61. The maximum absolute atomic E-state index is 11.0. The van der Waals surface area contributed by atoms with E-state index >= 15 is 0 Å². The fourth-order valence-electron chi connectivity index (χ4n) is 2.21. The molecule has 106 valence electrons. The predicted molar refractivity (Wildman–Crippen MR) is 83.4 cm³/mol. The van der Waals surface area contributed by atoms with E-state index in [1.165, 1.54) is 21.6 Å². The third kappa shape index (κ3) is 3.39. The summed E-state index contributed by atoms with van der Waals surface area (Å²) in [6.45, 7) is 4.97. The Morgan fingerprint density at radius 3 is 2.45 bits per heavy atom. The summed E-state index contributed by atoms with van der Waals surface area (Å²) in [5.74, 6) is 0.197. The number of carbonyl (C=O) groups is 1. The third-order valence-corrected chi connectivity index (χ3v) is 4.16. The number of thiophene rings is 1. The lowest BCUT2D eigenvalue weighted by Crippen LogP contribution is -2.32. The van der Waals surface area contributed by atoms with E-state index in [4.69, 9.17) is 5.11 Å². The largest absolute Gasteiger partial charge is 0.465 e. The smallest absolute Gasteiger partial charge is 0.407 e. The van der Waals surface area contributed by atoms with E-state index in [0.717, 1.165) is 0 Å². The zero-order valence-electron chi connectivity index (χ0n) is 11.7. The molecule has 1 N–H and O–H groups in total. The topological polar surface area (TPSA) is 40.5 Å². The standard InChI is InChI=1S/C16H19NO2S/c1-3-17(16(18)19)10-12(2)13-4-6-14(7-5-13)15-8-9-20-11-15/h4-9,11-12H,3,10H2,1-2H3,(H,18,19). The first-order valence-corrected chi connectivity index (χ1v) is 7.66. The fraction of sp³-hybridized carbons (Fsp3) is 0.312. The minimum Gasteiger partial charge on any atom is -0.465 e. The Hall–Kier alpha value is -1.81. The van der Waals surface area contributed by atoms with Crippen LogP contribution in [0.15, 0.2) is 41.1 Å². The van der Waals surface area contributed by atoms with Gasteiger partial charge in [-0.15, -0.1) is 0 Å². The number of nitrogens with zero attached hydrogens (tertiary/aromatic N) is 1. The molecule has 20 heavy (non-hydrogen) atoms. The average Bonchev–Trinajstić information content (AvgIpc) is 2.98. The zero-order valence-corrected chi connectivity index (χ0v) is 12.6. The van der Waals surface area contributed by atoms with Gasteiger partial charge in [0.15, 0.2) is 0 Å². The van der Waals surface area contributed by atoms with Gasteiger partial charge in [0.1, 0.15) is 0 Å². The summed E-state index contributed by atoms with van der Waals surface area (Å²) in [5.41, 5.74) is 3.60. The first-order valence-electron chi connectivity index (χ1n) is 6.72. The van der Waals surface area contributed by atoms with Crippen LogP contribution in [-0.4, -0.2) is 29.2 Å². The molecule has 0 saturated carbocycles. The van der Waals surface area contributed by atoms with E-state index in [2.05, 4.69) is 48.0 Å². The number of carboxylic acid groups (broad SMARTS) is 1. The molecule has 1 amide bonds. The highest BCUT2D eigenvalue weighted by atomic mass is 32.1. The first kappa shape index (κ1) is 14.6. The Kier molecular flexibility index (Phi) is 4.79. The van der Waals surface area contributed by atoms with Crippen LogP contribution in [0.1, 0.15) is 25.3 Å². The molecule has 0 aliphatic rings. The Bertz CT molecular complexity index is 548. The summed E-state index contributed by atoms with van der Waals surface area (Å²) in [5, 5.41) is 13.3. The summed E-state index contributed by atoms with van der Waals surface area (Å²) >= 11 is 1.69. The molecule has 1 atom stereocenters. The lowest BCUT2D eigenvalue weighted by Gasteiger charge is -2.22. The van der Waals surface area contributed by atoms with Gasteiger partial charge < -0.3 is 10.0 Å². The number of rotatable bonds is 5. The van der Waals surface area contributed by atoms with Gasteiger partial charge in [-0.2, -0.15) is 11.3 Å². The maximum Gasteiger partial charge on any atom is 0.407 e. The van der Waals surface area contributed by atoms with Gasteiger partial charge in [-0.05, 0) is 46.4 Å². The molecule has 0 aliphatic heterocycles. The number of likely N-dealkylation sites (N-methyl/N-ethyl adjacent to an activating group) is 1. The lowest BCUT2D eigenvalue weighted by atomic mass is 9.98. The number of benzene rings is 1. The second-order valence-electron chi connectivity index (χ2n) is 4.86. The van der Waals surface area contributed by atoms with E-state index < -0.39 is 6.09 Å². The number of amides is 1. The van der Waals surface area contributed by atoms with Crippen molar-refractivity contribution in [1.82, 2.24) is 4.90 Å². The molecule has 2 aromatic rings. The molecule has 0 radical (unpaired) electrons. The number of hydrogen-bond acceptors (Lipinski definition) is 2. The molecule has 2 rings (SSSR count). The van der Waals surface area contributed by atoms with Crippen LogP contribution in [0.5, 0.6) is 0 Å². The Morgan fingerprint density at radius 2 is 1.95 bits per heavy atom. The highest BCUT2D eigenvalue weighted by Crippen LogP contribution is 2.25. The van der Waals surface area contributed by atoms with Gasteiger partial charge in [0.2, 0.25) is 0 Å². The van der Waals surface area contributed by atoms with Gasteiger partial charge in [-0.1, -0.05) is 31.2 Å². The van der Waals surface area contributed by atoms with Crippen LogP contribution in [0.4, 0.5) is 4.79 Å². The fourth-order valence-corrected chi connectivity index (χ4v) is 2.88. The van der Waals surface area contributed by atoms with Crippen molar-refractivity contribution in [3.63, 3.8) is 0 Å².